The van der Waals surface area contributed by atoms with E-state index in [9.17, 15) is 0 Å². The summed E-state index contributed by atoms with van der Waals surface area (Å²) in [6.07, 6.45) is 2.06. The molecule has 0 spiro atoms. The molecule has 0 fully saturated rings. The van der Waals surface area contributed by atoms with Crippen LogP contribution in [0.4, 0.5) is 0 Å². The molecule has 9 heteroatoms. The second-order valence-corrected chi connectivity index (χ2v) is 8.66. The standard InChI is InChI=1S/C24H26N4O3S2/c1-6-28-14(2)20(21(25-24(28)32)15-7-10-17(33-5)11-8-15)23-26-22(27-31-23)16-9-12-18(29-3)19(13-16)30-4/h7-13,21H,6H2,1-5H3,(H,25,32). The van der Waals surface area contributed by atoms with E-state index in [4.69, 9.17) is 31.2 Å². The number of methoxy groups -OCH3 is 2. The molecule has 1 N–H and O–H groups in total. The zero-order chi connectivity index (χ0) is 23.5. The fourth-order valence-corrected chi connectivity index (χ4v) is 4.70. The van der Waals surface area contributed by atoms with Crippen molar-refractivity contribution < 1.29 is 14.0 Å². The van der Waals surface area contributed by atoms with E-state index < -0.39 is 0 Å². The number of allylic oxidation sites excluding steroid dienone is 1. The maximum atomic E-state index is 5.78. The number of ether oxygens (including phenoxy) is 2. The normalized spacial score (nSPS) is 16.1. The Labute approximate surface area is 203 Å². The minimum absolute atomic E-state index is 0.199. The molecule has 0 bridgehead atoms. The number of nitrogens with one attached hydrogen (secondary N) is 1. The van der Waals surface area contributed by atoms with Crippen molar-refractivity contribution >= 4 is 34.7 Å². The van der Waals surface area contributed by atoms with Gasteiger partial charge < -0.3 is 24.2 Å². The largest absolute Gasteiger partial charge is 0.493 e. The van der Waals surface area contributed by atoms with Crippen LogP contribution in [0.3, 0.4) is 0 Å². The van der Waals surface area contributed by atoms with Gasteiger partial charge in [-0.2, -0.15) is 4.98 Å². The topological polar surface area (TPSA) is 72.7 Å². The van der Waals surface area contributed by atoms with Crippen molar-refractivity contribution in [1.29, 1.82) is 0 Å². The average molecular weight is 483 g/mol. The van der Waals surface area contributed by atoms with Gasteiger partial charge in [0.1, 0.15) is 0 Å². The molecule has 3 aromatic rings. The lowest BCUT2D eigenvalue weighted by Gasteiger charge is -2.36. The van der Waals surface area contributed by atoms with Crippen LogP contribution in [0.5, 0.6) is 11.5 Å². The molecule has 1 aliphatic rings. The monoisotopic (exact) mass is 482 g/mol. The lowest BCUT2D eigenvalue weighted by Crippen LogP contribution is -2.45. The van der Waals surface area contributed by atoms with Crippen molar-refractivity contribution in [3.63, 3.8) is 0 Å². The molecule has 0 amide bonds. The Morgan fingerprint density at radius 1 is 1.12 bits per heavy atom. The third-order valence-corrected chi connectivity index (χ3v) is 6.74. The maximum Gasteiger partial charge on any atom is 0.258 e. The number of benzene rings is 2. The smallest absolute Gasteiger partial charge is 0.258 e. The highest BCUT2D eigenvalue weighted by molar-refractivity contribution is 7.98. The molecular weight excluding hydrogens is 456 g/mol. The second kappa shape index (κ2) is 9.84. The van der Waals surface area contributed by atoms with E-state index in [1.54, 1.807) is 26.0 Å². The molecule has 0 radical (unpaired) electrons. The third-order valence-electron chi connectivity index (χ3n) is 5.66. The van der Waals surface area contributed by atoms with E-state index in [2.05, 4.69) is 47.9 Å². The Bertz CT molecular complexity index is 1190. The summed E-state index contributed by atoms with van der Waals surface area (Å²) in [6.45, 7) is 4.83. The van der Waals surface area contributed by atoms with Gasteiger partial charge in [-0.1, -0.05) is 17.3 Å². The number of aromatic nitrogens is 2. The minimum atomic E-state index is -0.199. The van der Waals surface area contributed by atoms with E-state index in [0.29, 0.717) is 28.3 Å². The highest BCUT2D eigenvalue weighted by atomic mass is 32.2. The first-order chi connectivity index (χ1) is 16.0. The van der Waals surface area contributed by atoms with Gasteiger partial charge in [0.15, 0.2) is 16.6 Å². The molecule has 0 aliphatic carbocycles. The summed E-state index contributed by atoms with van der Waals surface area (Å²) in [6, 6.07) is 13.8. The number of rotatable bonds is 7. The molecule has 0 saturated heterocycles. The SMILES string of the molecule is CCN1C(=S)NC(c2ccc(SC)cc2)C(c2nc(-c3ccc(OC)c(OC)c3)no2)=C1C. The lowest BCUT2D eigenvalue weighted by molar-refractivity contribution is 0.355. The predicted molar refractivity (Wildman–Crippen MR) is 135 cm³/mol. The van der Waals surface area contributed by atoms with Crippen LogP contribution in [0.1, 0.15) is 31.3 Å². The van der Waals surface area contributed by atoms with Gasteiger partial charge in [0, 0.05) is 22.7 Å². The molecule has 7 nitrogen and oxygen atoms in total. The van der Waals surface area contributed by atoms with Crippen molar-refractivity contribution in [3.8, 4) is 22.9 Å². The van der Waals surface area contributed by atoms with Crippen LogP contribution in [-0.2, 0) is 0 Å². The van der Waals surface area contributed by atoms with Gasteiger partial charge in [-0.3, -0.25) is 0 Å². The lowest BCUT2D eigenvalue weighted by atomic mass is 9.95. The summed E-state index contributed by atoms with van der Waals surface area (Å²) in [5, 5.41) is 8.39. The number of nitrogens with zero attached hydrogens (tertiary/aromatic N) is 3. The van der Waals surface area contributed by atoms with Crippen LogP contribution in [0.15, 0.2) is 57.6 Å². The molecule has 172 valence electrons. The first-order valence-electron chi connectivity index (χ1n) is 10.5. The Morgan fingerprint density at radius 3 is 2.48 bits per heavy atom. The fraction of sp³-hybridized carbons (Fsp3) is 0.292. The molecule has 33 heavy (non-hydrogen) atoms. The first-order valence-corrected chi connectivity index (χ1v) is 12.1. The summed E-state index contributed by atoms with van der Waals surface area (Å²) < 4.78 is 16.5. The molecule has 0 saturated carbocycles. The number of thioether (sulfide) groups is 1. The Kier molecular flexibility index (Phi) is 6.90. The zero-order valence-corrected chi connectivity index (χ0v) is 20.8. The van der Waals surface area contributed by atoms with Crippen molar-refractivity contribution in [2.75, 3.05) is 27.0 Å². The van der Waals surface area contributed by atoms with Crippen molar-refractivity contribution in [1.82, 2.24) is 20.4 Å². The van der Waals surface area contributed by atoms with Gasteiger partial charge >= 0.3 is 0 Å². The van der Waals surface area contributed by atoms with Crippen LogP contribution < -0.4 is 14.8 Å². The number of hydrogen-bond acceptors (Lipinski definition) is 7. The summed E-state index contributed by atoms with van der Waals surface area (Å²) in [4.78, 5) is 7.98. The highest BCUT2D eigenvalue weighted by Crippen LogP contribution is 2.38. The van der Waals surface area contributed by atoms with Gasteiger partial charge in [0.05, 0.1) is 25.8 Å². The molecule has 1 atom stereocenters. The summed E-state index contributed by atoms with van der Waals surface area (Å²) in [7, 11) is 3.20. The van der Waals surface area contributed by atoms with Gasteiger partial charge in [-0.15, -0.1) is 11.8 Å². The Morgan fingerprint density at radius 2 is 1.85 bits per heavy atom. The molecule has 2 aromatic carbocycles. The Balaban J connectivity index is 1.78. The predicted octanol–water partition coefficient (Wildman–Crippen LogP) is 5.16. The van der Waals surface area contributed by atoms with Gasteiger partial charge in [0.2, 0.25) is 5.82 Å². The van der Waals surface area contributed by atoms with Crippen LogP contribution in [-0.4, -0.2) is 47.2 Å². The van der Waals surface area contributed by atoms with E-state index in [-0.39, 0.29) is 6.04 Å². The van der Waals surface area contributed by atoms with E-state index in [1.165, 1.54) is 4.90 Å². The first kappa shape index (κ1) is 23.1. The van der Waals surface area contributed by atoms with Crippen LogP contribution in [0.2, 0.25) is 0 Å². The average Bonchev–Trinajstić information content (AvgIpc) is 3.33. The summed E-state index contributed by atoms with van der Waals surface area (Å²) in [5.41, 5.74) is 3.74. The fourth-order valence-electron chi connectivity index (χ4n) is 3.91. The minimum Gasteiger partial charge on any atom is -0.493 e. The molecule has 1 aromatic heterocycles. The quantitative estimate of drug-likeness (QED) is 0.363. The molecule has 1 aliphatic heterocycles. The van der Waals surface area contributed by atoms with Gasteiger partial charge in [0.25, 0.3) is 5.89 Å². The molecule has 4 rings (SSSR count). The van der Waals surface area contributed by atoms with E-state index >= 15 is 0 Å². The number of hydrogen-bond donors (Lipinski definition) is 1. The van der Waals surface area contributed by atoms with Gasteiger partial charge in [-0.25, -0.2) is 0 Å². The van der Waals surface area contributed by atoms with Crippen LogP contribution in [0, 0.1) is 0 Å². The third kappa shape index (κ3) is 4.43. The zero-order valence-electron chi connectivity index (χ0n) is 19.2. The maximum absolute atomic E-state index is 5.78. The summed E-state index contributed by atoms with van der Waals surface area (Å²) >= 11 is 7.36. The Hall–Kier alpha value is -3.04. The molecular formula is C24H26N4O3S2. The second-order valence-electron chi connectivity index (χ2n) is 7.39. The van der Waals surface area contributed by atoms with E-state index in [1.807, 2.05) is 30.0 Å². The van der Waals surface area contributed by atoms with Crippen LogP contribution >= 0.6 is 24.0 Å². The molecule has 2 heterocycles. The highest BCUT2D eigenvalue weighted by Gasteiger charge is 2.33. The van der Waals surface area contributed by atoms with Crippen LogP contribution in [0.25, 0.3) is 17.0 Å². The van der Waals surface area contributed by atoms with Gasteiger partial charge in [-0.05, 0) is 68.2 Å². The summed E-state index contributed by atoms with van der Waals surface area (Å²) in [5.74, 6) is 2.16. The van der Waals surface area contributed by atoms with E-state index in [0.717, 1.165) is 28.9 Å². The van der Waals surface area contributed by atoms with Crippen molar-refractivity contribution in [3.05, 3.63) is 59.6 Å². The molecule has 1 unspecified atom stereocenters. The number of thiocarbonyl (C=S) groups is 1. The van der Waals surface area contributed by atoms with Crippen molar-refractivity contribution in [2.45, 2.75) is 24.8 Å². The van der Waals surface area contributed by atoms with Crippen molar-refractivity contribution in [2.24, 2.45) is 0 Å².